The quantitative estimate of drug-likeness (QED) is 0.849. The number of hydrogen-bond acceptors (Lipinski definition) is 2. The number of hydrogen-bond donors (Lipinski definition) is 0. The summed E-state index contributed by atoms with van der Waals surface area (Å²) in [6.07, 6.45) is 5.70. The van der Waals surface area contributed by atoms with Crippen LogP contribution in [0.15, 0.2) is 24.3 Å². The van der Waals surface area contributed by atoms with E-state index in [9.17, 15) is 4.79 Å². The fourth-order valence-corrected chi connectivity index (χ4v) is 3.23. The molecule has 1 saturated carbocycles. The molecule has 0 aromatic heterocycles. The zero-order chi connectivity index (χ0) is 14.7. The lowest BCUT2D eigenvalue weighted by Crippen LogP contribution is -2.45. The van der Waals surface area contributed by atoms with Gasteiger partial charge in [0.05, 0.1) is 6.61 Å². The van der Waals surface area contributed by atoms with E-state index in [2.05, 4.69) is 24.0 Å². The van der Waals surface area contributed by atoms with Gasteiger partial charge in [-0.2, -0.15) is 0 Å². The molecule has 0 radical (unpaired) electrons. The number of rotatable bonds is 4. The third-order valence-corrected chi connectivity index (χ3v) is 4.76. The molecule has 1 unspecified atom stereocenters. The Hall–Kier alpha value is -1.51. The molecule has 1 saturated heterocycles. The number of aryl methyl sites for hydroxylation is 1. The standard InChI is InChI=1S/C18H25NO2/c1-14-5-2-9-17(11-14)21-13-15-6-4-10-19(12-15)18(20)16-7-3-8-16/h2,5,9,11,15-16H,3-4,6-8,10,12-13H2,1H3. The molecule has 1 aromatic carbocycles. The summed E-state index contributed by atoms with van der Waals surface area (Å²) in [5, 5.41) is 0. The minimum atomic E-state index is 0.321. The molecular weight excluding hydrogens is 262 g/mol. The van der Waals surface area contributed by atoms with E-state index in [0.717, 1.165) is 44.7 Å². The van der Waals surface area contributed by atoms with Crippen LogP contribution < -0.4 is 4.74 Å². The lowest BCUT2D eigenvalue weighted by atomic mass is 9.83. The first-order chi connectivity index (χ1) is 10.2. The van der Waals surface area contributed by atoms with Gasteiger partial charge in [-0.3, -0.25) is 4.79 Å². The topological polar surface area (TPSA) is 29.5 Å². The molecule has 3 heteroatoms. The molecule has 0 spiro atoms. The predicted octanol–water partition coefficient (Wildman–Crippen LogP) is 3.41. The fourth-order valence-electron chi connectivity index (χ4n) is 3.23. The lowest BCUT2D eigenvalue weighted by molar-refractivity contribution is -0.140. The van der Waals surface area contributed by atoms with E-state index in [4.69, 9.17) is 4.74 Å². The molecule has 1 aliphatic heterocycles. The molecule has 0 N–H and O–H groups in total. The van der Waals surface area contributed by atoms with Crippen molar-refractivity contribution in [3.8, 4) is 5.75 Å². The van der Waals surface area contributed by atoms with Crippen LogP contribution in [0, 0.1) is 18.8 Å². The molecule has 0 bridgehead atoms. The van der Waals surface area contributed by atoms with Crippen molar-refractivity contribution < 1.29 is 9.53 Å². The summed E-state index contributed by atoms with van der Waals surface area (Å²) < 4.78 is 5.92. The van der Waals surface area contributed by atoms with E-state index < -0.39 is 0 Å². The van der Waals surface area contributed by atoms with Crippen molar-refractivity contribution >= 4 is 5.91 Å². The van der Waals surface area contributed by atoms with Crippen molar-refractivity contribution in [3.63, 3.8) is 0 Å². The second kappa shape index (κ2) is 6.50. The van der Waals surface area contributed by atoms with Gasteiger partial charge in [0.15, 0.2) is 0 Å². The largest absolute Gasteiger partial charge is 0.493 e. The van der Waals surface area contributed by atoms with Gasteiger partial charge in [0.2, 0.25) is 5.91 Å². The van der Waals surface area contributed by atoms with Gasteiger partial charge < -0.3 is 9.64 Å². The summed E-state index contributed by atoms with van der Waals surface area (Å²) >= 11 is 0. The molecule has 2 fully saturated rings. The SMILES string of the molecule is Cc1cccc(OCC2CCCN(C(=O)C3CCC3)C2)c1. The van der Waals surface area contributed by atoms with Crippen LogP contribution >= 0.6 is 0 Å². The Bertz CT molecular complexity index is 496. The van der Waals surface area contributed by atoms with Crippen LogP contribution in [0.5, 0.6) is 5.75 Å². The first-order valence-electron chi connectivity index (χ1n) is 8.20. The number of benzene rings is 1. The predicted molar refractivity (Wildman–Crippen MR) is 83.3 cm³/mol. The number of ether oxygens (including phenoxy) is 1. The highest BCUT2D eigenvalue weighted by Crippen LogP contribution is 2.30. The smallest absolute Gasteiger partial charge is 0.225 e. The molecule has 2 aliphatic rings. The van der Waals surface area contributed by atoms with Crippen LogP contribution in [0.3, 0.4) is 0 Å². The third kappa shape index (κ3) is 3.58. The van der Waals surface area contributed by atoms with E-state index in [1.165, 1.54) is 18.4 Å². The average molecular weight is 287 g/mol. The Balaban J connectivity index is 1.50. The highest BCUT2D eigenvalue weighted by atomic mass is 16.5. The molecule has 1 atom stereocenters. The van der Waals surface area contributed by atoms with Crippen molar-refractivity contribution in [2.75, 3.05) is 19.7 Å². The van der Waals surface area contributed by atoms with Crippen molar-refractivity contribution in [2.45, 2.75) is 39.0 Å². The van der Waals surface area contributed by atoms with E-state index >= 15 is 0 Å². The van der Waals surface area contributed by atoms with Crippen LogP contribution in [0.2, 0.25) is 0 Å². The van der Waals surface area contributed by atoms with Gasteiger partial charge in [0, 0.05) is 24.9 Å². The maximum Gasteiger partial charge on any atom is 0.225 e. The molecule has 1 aromatic rings. The minimum Gasteiger partial charge on any atom is -0.493 e. The molecular formula is C18H25NO2. The Morgan fingerprint density at radius 3 is 2.86 bits per heavy atom. The van der Waals surface area contributed by atoms with Crippen LogP contribution in [-0.2, 0) is 4.79 Å². The number of likely N-dealkylation sites (tertiary alicyclic amines) is 1. The summed E-state index contributed by atoms with van der Waals surface area (Å²) in [5.41, 5.74) is 1.22. The highest BCUT2D eigenvalue weighted by Gasteiger charge is 2.32. The van der Waals surface area contributed by atoms with Gasteiger partial charge in [-0.15, -0.1) is 0 Å². The van der Waals surface area contributed by atoms with E-state index in [0.29, 0.717) is 17.7 Å². The first-order valence-corrected chi connectivity index (χ1v) is 8.20. The molecule has 3 nitrogen and oxygen atoms in total. The van der Waals surface area contributed by atoms with Gasteiger partial charge in [-0.25, -0.2) is 0 Å². The van der Waals surface area contributed by atoms with Crippen molar-refractivity contribution in [1.29, 1.82) is 0 Å². The maximum atomic E-state index is 12.3. The second-order valence-electron chi connectivity index (χ2n) is 6.55. The summed E-state index contributed by atoms with van der Waals surface area (Å²) in [6.45, 7) is 4.61. The minimum absolute atomic E-state index is 0.321. The Morgan fingerprint density at radius 2 is 2.14 bits per heavy atom. The summed E-state index contributed by atoms with van der Waals surface area (Å²) in [4.78, 5) is 14.4. The Morgan fingerprint density at radius 1 is 1.29 bits per heavy atom. The number of nitrogens with zero attached hydrogens (tertiary/aromatic N) is 1. The Labute approximate surface area is 127 Å². The van der Waals surface area contributed by atoms with E-state index in [1.54, 1.807) is 0 Å². The number of carbonyl (C=O) groups is 1. The zero-order valence-corrected chi connectivity index (χ0v) is 12.9. The van der Waals surface area contributed by atoms with Gasteiger partial charge in [0.1, 0.15) is 5.75 Å². The molecule has 114 valence electrons. The van der Waals surface area contributed by atoms with Crippen LogP contribution in [0.1, 0.15) is 37.7 Å². The van der Waals surface area contributed by atoms with Gasteiger partial charge in [-0.1, -0.05) is 18.6 Å². The van der Waals surface area contributed by atoms with Crippen molar-refractivity contribution in [2.24, 2.45) is 11.8 Å². The summed E-state index contributed by atoms with van der Waals surface area (Å²) in [6, 6.07) is 8.18. The normalized spacial score (nSPS) is 22.7. The highest BCUT2D eigenvalue weighted by molar-refractivity contribution is 5.79. The van der Waals surface area contributed by atoms with Crippen LogP contribution in [0.25, 0.3) is 0 Å². The zero-order valence-electron chi connectivity index (χ0n) is 12.9. The van der Waals surface area contributed by atoms with Gasteiger partial charge in [-0.05, 0) is 50.3 Å². The molecule has 3 rings (SSSR count). The fraction of sp³-hybridized carbons (Fsp3) is 0.611. The molecule has 21 heavy (non-hydrogen) atoms. The van der Waals surface area contributed by atoms with E-state index in [1.807, 2.05) is 12.1 Å². The van der Waals surface area contributed by atoms with Crippen molar-refractivity contribution in [1.82, 2.24) is 4.90 Å². The van der Waals surface area contributed by atoms with Crippen LogP contribution in [-0.4, -0.2) is 30.5 Å². The second-order valence-corrected chi connectivity index (χ2v) is 6.55. The van der Waals surface area contributed by atoms with Gasteiger partial charge in [0.25, 0.3) is 0 Å². The molecule has 1 amide bonds. The monoisotopic (exact) mass is 287 g/mol. The first kappa shape index (κ1) is 14.4. The van der Waals surface area contributed by atoms with Gasteiger partial charge >= 0.3 is 0 Å². The number of carbonyl (C=O) groups excluding carboxylic acids is 1. The van der Waals surface area contributed by atoms with Crippen molar-refractivity contribution in [3.05, 3.63) is 29.8 Å². The lowest BCUT2D eigenvalue weighted by Gasteiger charge is -2.37. The van der Waals surface area contributed by atoms with E-state index in [-0.39, 0.29) is 0 Å². The Kier molecular flexibility index (Phi) is 4.47. The van der Waals surface area contributed by atoms with Crippen LogP contribution in [0.4, 0.5) is 0 Å². The molecule has 1 aliphatic carbocycles. The average Bonchev–Trinajstić information content (AvgIpc) is 2.44. The number of piperidine rings is 1. The number of amides is 1. The summed E-state index contributed by atoms with van der Waals surface area (Å²) in [7, 11) is 0. The maximum absolute atomic E-state index is 12.3. The molecule has 1 heterocycles. The third-order valence-electron chi connectivity index (χ3n) is 4.76. The summed E-state index contributed by atoms with van der Waals surface area (Å²) in [5.74, 6) is 2.13.